The smallest absolute Gasteiger partial charge is 0.234 e. The van der Waals surface area contributed by atoms with Crippen LogP contribution < -0.4 is 11.1 Å². The summed E-state index contributed by atoms with van der Waals surface area (Å²) < 4.78 is 0. The van der Waals surface area contributed by atoms with Gasteiger partial charge >= 0.3 is 0 Å². The highest BCUT2D eigenvalue weighted by atomic mass is 16.4. The number of carbonyl (C=O) groups is 1. The Morgan fingerprint density at radius 3 is 2.47 bits per heavy atom. The van der Waals surface area contributed by atoms with Gasteiger partial charge in [-0.15, -0.1) is 0 Å². The fourth-order valence-corrected chi connectivity index (χ4v) is 1.86. The number of carbonyl (C=O) groups excluding carboxylic acids is 1. The molecule has 0 unspecified atom stereocenters. The number of nitrogens with two attached hydrogens (primary N) is 1. The number of nitrogens with one attached hydrogen (secondary N) is 1. The van der Waals surface area contributed by atoms with E-state index in [2.05, 4.69) is 29.2 Å². The standard InChI is InChI=1S/C11H22N4O2/c1-3-15(4-2)8-7-13-10(16)11(5-6-11)9(12)14-17/h17H,3-8H2,1-2H3,(H2,12,14)(H,13,16). The third-order valence-corrected chi connectivity index (χ3v) is 3.39. The molecule has 0 radical (unpaired) electrons. The summed E-state index contributed by atoms with van der Waals surface area (Å²) in [7, 11) is 0. The van der Waals surface area contributed by atoms with Crippen LogP contribution in [0.4, 0.5) is 0 Å². The first kappa shape index (κ1) is 13.8. The van der Waals surface area contributed by atoms with E-state index in [1.165, 1.54) is 0 Å². The van der Waals surface area contributed by atoms with Crippen molar-refractivity contribution in [3.63, 3.8) is 0 Å². The highest BCUT2D eigenvalue weighted by Crippen LogP contribution is 2.45. The Labute approximate surface area is 102 Å². The number of amidine groups is 1. The molecule has 17 heavy (non-hydrogen) atoms. The molecule has 1 saturated carbocycles. The molecule has 0 aliphatic heterocycles. The monoisotopic (exact) mass is 242 g/mol. The molecule has 1 aliphatic rings. The molecule has 6 heteroatoms. The molecule has 1 amide bonds. The Kier molecular flexibility index (Phi) is 4.74. The van der Waals surface area contributed by atoms with Crippen molar-refractivity contribution >= 4 is 11.7 Å². The molecular weight excluding hydrogens is 220 g/mol. The Morgan fingerprint density at radius 2 is 2.06 bits per heavy atom. The lowest BCUT2D eigenvalue weighted by Crippen LogP contribution is -2.43. The number of likely N-dealkylation sites (N-methyl/N-ethyl adjacent to an activating group) is 1. The number of hydrogen-bond donors (Lipinski definition) is 3. The summed E-state index contributed by atoms with van der Waals surface area (Å²) in [6.45, 7) is 7.54. The summed E-state index contributed by atoms with van der Waals surface area (Å²) in [4.78, 5) is 14.1. The van der Waals surface area contributed by atoms with Crippen molar-refractivity contribution in [1.29, 1.82) is 0 Å². The first-order valence-corrected chi connectivity index (χ1v) is 6.09. The van der Waals surface area contributed by atoms with E-state index in [1.54, 1.807) is 0 Å². The third-order valence-electron chi connectivity index (χ3n) is 3.39. The maximum Gasteiger partial charge on any atom is 0.234 e. The van der Waals surface area contributed by atoms with Gasteiger partial charge in [-0.2, -0.15) is 0 Å². The van der Waals surface area contributed by atoms with Gasteiger partial charge in [0, 0.05) is 13.1 Å². The minimum Gasteiger partial charge on any atom is -0.409 e. The number of oxime groups is 1. The van der Waals surface area contributed by atoms with Gasteiger partial charge in [-0.25, -0.2) is 0 Å². The van der Waals surface area contributed by atoms with Crippen molar-refractivity contribution in [2.75, 3.05) is 26.2 Å². The quantitative estimate of drug-likeness (QED) is 0.253. The molecule has 1 fully saturated rings. The highest BCUT2D eigenvalue weighted by Gasteiger charge is 2.54. The molecule has 98 valence electrons. The average molecular weight is 242 g/mol. The van der Waals surface area contributed by atoms with E-state index in [0.29, 0.717) is 19.4 Å². The van der Waals surface area contributed by atoms with Crippen molar-refractivity contribution in [3.8, 4) is 0 Å². The van der Waals surface area contributed by atoms with Crippen molar-refractivity contribution in [1.82, 2.24) is 10.2 Å². The highest BCUT2D eigenvalue weighted by molar-refractivity contribution is 6.09. The SMILES string of the molecule is CCN(CC)CCNC(=O)C1(C(N)=NO)CC1. The molecule has 0 bridgehead atoms. The maximum atomic E-state index is 11.9. The second-order valence-corrected chi connectivity index (χ2v) is 4.35. The molecule has 0 aromatic rings. The van der Waals surface area contributed by atoms with E-state index in [-0.39, 0.29) is 11.7 Å². The van der Waals surface area contributed by atoms with Crippen LogP contribution in [-0.4, -0.2) is 48.0 Å². The Bertz CT molecular complexity index is 296. The Hall–Kier alpha value is -1.30. The first-order valence-electron chi connectivity index (χ1n) is 6.09. The normalized spacial score (nSPS) is 18.2. The molecular formula is C11H22N4O2. The molecule has 0 saturated heterocycles. The molecule has 0 spiro atoms. The van der Waals surface area contributed by atoms with E-state index in [0.717, 1.165) is 19.6 Å². The minimum atomic E-state index is -0.738. The third kappa shape index (κ3) is 3.09. The number of rotatable bonds is 7. The van der Waals surface area contributed by atoms with Crippen molar-refractivity contribution < 1.29 is 10.0 Å². The van der Waals surface area contributed by atoms with Gasteiger partial charge in [0.1, 0.15) is 5.41 Å². The zero-order valence-electron chi connectivity index (χ0n) is 10.6. The predicted molar refractivity (Wildman–Crippen MR) is 65.9 cm³/mol. The zero-order valence-corrected chi connectivity index (χ0v) is 10.6. The van der Waals surface area contributed by atoms with Crippen LogP contribution in [0.5, 0.6) is 0 Å². The second kappa shape index (κ2) is 5.86. The molecule has 0 aromatic heterocycles. The second-order valence-electron chi connectivity index (χ2n) is 4.35. The molecule has 0 atom stereocenters. The lowest BCUT2D eigenvalue weighted by molar-refractivity contribution is -0.124. The van der Waals surface area contributed by atoms with Crippen LogP contribution in [0.3, 0.4) is 0 Å². The molecule has 4 N–H and O–H groups in total. The lowest BCUT2D eigenvalue weighted by Gasteiger charge is -2.19. The fraction of sp³-hybridized carbons (Fsp3) is 0.818. The topological polar surface area (TPSA) is 91.0 Å². The number of nitrogens with zero attached hydrogens (tertiary/aromatic N) is 2. The largest absolute Gasteiger partial charge is 0.409 e. The van der Waals surface area contributed by atoms with Crippen LogP contribution in [0.1, 0.15) is 26.7 Å². The van der Waals surface area contributed by atoms with Gasteiger partial charge in [-0.1, -0.05) is 19.0 Å². The van der Waals surface area contributed by atoms with E-state index < -0.39 is 5.41 Å². The van der Waals surface area contributed by atoms with Crippen LogP contribution in [0, 0.1) is 5.41 Å². The number of hydrogen-bond acceptors (Lipinski definition) is 4. The fourth-order valence-electron chi connectivity index (χ4n) is 1.86. The van der Waals surface area contributed by atoms with Gasteiger partial charge in [0.15, 0.2) is 5.84 Å². The Morgan fingerprint density at radius 1 is 1.47 bits per heavy atom. The van der Waals surface area contributed by atoms with E-state index in [4.69, 9.17) is 10.9 Å². The molecule has 6 nitrogen and oxygen atoms in total. The van der Waals surface area contributed by atoms with Gasteiger partial charge in [0.25, 0.3) is 0 Å². The summed E-state index contributed by atoms with van der Waals surface area (Å²) in [5.41, 5.74) is 4.79. The molecule has 1 rings (SSSR count). The van der Waals surface area contributed by atoms with Crippen LogP contribution in [0.2, 0.25) is 0 Å². The van der Waals surface area contributed by atoms with Crippen LogP contribution in [-0.2, 0) is 4.79 Å². The summed E-state index contributed by atoms with van der Waals surface area (Å²) in [6, 6.07) is 0. The first-order chi connectivity index (χ1) is 8.10. The van der Waals surface area contributed by atoms with Crippen LogP contribution >= 0.6 is 0 Å². The number of amides is 1. The summed E-state index contributed by atoms with van der Waals surface area (Å²) in [5.74, 6) is -0.0993. The molecule has 0 aromatic carbocycles. The van der Waals surface area contributed by atoms with Gasteiger partial charge < -0.3 is 21.2 Å². The predicted octanol–water partition coefficient (Wildman–Crippen LogP) is -0.0290. The van der Waals surface area contributed by atoms with Gasteiger partial charge in [-0.05, 0) is 25.9 Å². The van der Waals surface area contributed by atoms with Gasteiger partial charge in [0.2, 0.25) is 5.91 Å². The van der Waals surface area contributed by atoms with Crippen molar-refractivity contribution in [3.05, 3.63) is 0 Å². The van der Waals surface area contributed by atoms with E-state index in [9.17, 15) is 4.79 Å². The van der Waals surface area contributed by atoms with Crippen molar-refractivity contribution in [2.24, 2.45) is 16.3 Å². The van der Waals surface area contributed by atoms with Crippen LogP contribution in [0.15, 0.2) is 5.16 Å². The molecule has 1 aliphatic carbocycles. The van der Waals surface area contributed by atoms with Gasteiger partial charge in [-0.3, -0.25) is 4.79 Å². The average Bonchev–Trinajstić information content (AvgIpc) is 3.15. The maximum absolute atomic E-state index is 11.9. The molecule has 0 heterocycles. The van der Waals surface area contributed by atoms with Gasteiger partial charge in [0.05, 0.1) is 0 Å². The minimum absolute atomic E-state index is 0.0258. The van der Waals surface area contributed by atoms with Crippen LogP contribution in [0.25, 0.3) is 0 Å². The van der Waals surface area contributed by atoms with E-state index in [1.807, 2.05) is 0 Å². The summed E-state index contributed by atoms with van der Waals surface area (Å²) in [6.07, 6.45) is 1.33. The summed E-state index contributed by atoms with van der Waals surface area (Å²) in [5, 5.41) is 14.4. The van der Waals surface area contributed by atoms with E-state index >= 15 is 0 Å². The van der Waals surface area contributed by atoms with Crippen molar-refractivity contribution in [2.45, 2.75) is 26.7 Å². The zero-order chi connectivity index (χ0) is 12.9. The lowest BCUT2D eigenvalue weighted by atomic mass is 10.1. The summed E-state index contributed by atoms with van der Waals surface area (Å²) >= 11 is 0. The Balaban J connectivity index is 2.36.